The Balaban J connectivity index is 2.15. The average Bonchev–Trinajstić information content (AvgIpc) is 2.94. The number of thiophene rings is 1. The highest BCUT2D eigenvalue weighted by atomic mass is 32.1. The van der Waals surface area contributed by atoms with E-state index in [1.165, 1.54) is 11.3 Å². The number of unbranched alkanes of at least 4 members (excludes halogenated alkanes) is 1. The van der Waals surface area contributed by atoms with Gasteiger partial charge in [-0.3, -0.25) is 0 Å². The Bertz CT molecular complexity index is 516. The fraction of sp³-hybridized carbons (Fsp3) is 0.333. The van der Waals surface area contributed by atoms with Crippen molar-refractivity contribution >= 4 is 28.6 Å². The third-order valence-electron chi connectivity index (χ3n) is 2.39. The summed E-state index contributed by atoms with van der Waals surface area (Å²) in [5.74, 6) is -0.881. The van der Waals surface area contributed by atoms with E-state index in [1.54, 1.807) is 22.8 Å². The van der Waals surface area contributed by atoms with Gasteiger partial charge in [-0.15, -0.1) is 22.7 Å². The van der Waals surface area contributed by atoms with Crippen LogP contribution in [0.1, 0.15) is 35.1 Å². The standard InChI is InChI=1S/C12H13NO2S2/c1-2-3-4-11-13-9(7-17-11)10-5-8(6-16-10)12(14)15/h5-7H,2-4H2,1H3,(H,14,15). The van der Waals surface area contributed by atoms with E-state index in [4.69, 9.17) is 5.11 Å². The average molecular weight is 267 g/mol. The maximum Gasteiger partial charge on any atom is 0.336 e. The molecule has 2 rings (SSSR count). The van der Waals surface area contributed by atoms with E-state index in [1.807, 2.05) is 5.38 Å². The van der Waals surface area contributed by atoms with Gasteiger partial charge in [0, 0.05) is 10.8 Å². The number of carboxylic acids is 1. The molecule has 2 heterocycles. The van der Waals surface area contributed by atoms with E-state index in [2.05, 4.69) is 11.9 Å². The topological polar surface area (TPSA) is 50.2 Å². The van der Waals surface area contributed by atoms with E-state index >= 15 is 0 Å². The Labute approximate surface area is 108 Å². The second-order valence-electron chi connectivity index (χ2n) is 3.73. The van der Waals surface area contributed by atoms with Crippen molar-refractivity contribution in [3.05, 3.63) is 27.4 Å². The molecule has 0 spiro atoms. The first-order valence-corrected chi connectivity index (χ1v) is 7.23. The van der Waals surface area contributed by atoms with Crippen molar-refractivity contribution < 1.29 is 9.90 Å². The highest BCUT2D eigenvalue weighted by molar-refractivity contribution is 7.14. The predicted molar refractivity (Wildman–Crippen MR) is 71.0 cm³/mol. The van der Waals surface area contributed by atoms with E-state index in [9.17, 15) is 4.79 Å². The van der Waals surface area contributed by atoms with Crippen molar-refractivity contribution in [2.75, 3.05) is 0 Å². The number of aromatic carboxylic acids is 1. The third kappa shape index (κ3) is 2.92. The van der Waals surface area contributed by atoms with E-state index < -0.39 is 5.97 Å². The first-order valence-electron chi connectivity index (χ1n) is 5.47. The maximum atomic E-state index is 10.8. The van der Waals surface area contributed by atoms with Crippen LogP contribution in [0.2, 0.25) is 0 Å². The number of hydrogen-bond acceptors (Lipinski definition) is 4. The summed E-state index contributed by atoms with van der Waals surface area (Å²) in [5, 5.41) is 13.6. The summed E-state index contributed by atoms with van der Waals surface area (Å²) in [6.07, 6.45) is 3.33. The summed E-state index contributed by atoms with van der Waals surface area (Å²) in [7, 11) is 0. The first-order chi connectivity index (χ1) is 8.20. The van der Waals surface area contributed by atoms with Crippen LogP contribution in [0.15, 0.2) is 16.8 Å². The van der Waals surface area contributed by atoms with Crippen LogP contribution < -0.4 is 0 Å². The summed E-state index contributed by atoms with van der Waals surface area (Å²) in [6, 6.07) is 1.69. The van der Waals surface area contributed by atoms with Crippen LogP contribution in [0.4, 0.5) is 0 Å². The lowest BCUT2D eigenvalue weighted by Gasteiger charge is -1.91. The van der Waals surface area contributed by atoms with Gasteiger partial charge in [-0.05, 0) is 18.9 Å². The first kappa shape index (κ1) is 12.3. The number of aryl methyl sites for hydroxylation is 1. The lowest BCUT2D eigenvalue weighted by Crippen LogP contribution is -1.91. The molecule has 0 aliphatic heterocycles. The van der Waals surface area contributed by atoms with Crippen LogP contribution in [0.3, 0.4) is 0 Å². The molecule has 3 nitrogen and oxygen atoms in total. The molecule has 90 valence electrons. The van der Waals surface area contributed by atoms with Crippen molar-refractivity contribution in [3.63, 3.8) is 0 Å². The maximum absolute atomic E-state index is 10.8. The molecule has 0 aliphatic carbocycles. The summed E-state index contributed by atoms with van der Waals surface area (Å²) in [4.78, 5) is 16.2. The van der Waals surface area contributed by atoms with Gasteiger partial charge in [0.2, 0.25) is 0 Å². The molecule has 0 saturated carbocycles. The quantitative estimate of drug-likeness (QED) is 0.893. The molecular formula is C12H13NO2S2. The van der Waals surface area contributed by atoms with Crippen LogP contribution in [0.25, 0.3) is 10.6 Å². The minimum Gasteiger partial charge on any atom is -0.478 e. The molecule has 0 bridgehead atoms. The van der Waals surface area contributed by atoms with Crippen LogP contribution in [0.5, 0.6) is 0 Å². The number of aromatic nitrogens is 1. The van der Waals surface area contributed by atoms with Gasteiger partial charge in [-0.2, -0.15) is 0 Å². The molecule has 0 radical (unpaired) electrons. The zero-order valence-electron chi connectivity index (χ0n) is 9.47. The van der Waals surface area contributed by atoms with Crippen LogP contribution in [-0.2, 0) is 6.42 Å². The normalized spacial score (nSPS) is 10.6. The SMILES string of the molecule is CCCCc1nc(-c2cc(C(=O)O)cs2)cs1. The van der Waals surface area contributed by atoms with Gasteiger partial charge in [-0.25, -0.2) is 9.78 Å². The Morgan fingerprint density at radius 3 is 2.88 bits per heavy atom. The van der Waals surface area contributed by atoms with Crippen molar-refractivity contribution in [1.82, 2.24) is 4.98 Å². The number of nitrogens with zero attached hydrogens (tertiary/aromatic N) is 1. The summed E-state index contributed by atoms with van der Waals surface area (Å²) in [5.41, 5.74) is 1.24. The molecule has 0 aromatic carbocycles. The number of thiazole rings is 1. The van der Waals surface area contributed by atoms with Gasteiger partial charge in [0.05, 0.1) is 21.1 Å². The summed E-state index contributed by atoms with van der Waals surface area (Å²) in [6.45, 7) is 2.16. The van der Waals surface area contributed by atoms with Crippen molar-refractivity contribution in [3.8, 4) is 10.6 Å². The fourth-order valence-electron chi connectivity index (χ4n) is 1.45. The van der Waals surface area contributed by atoms with Gasteiger partial charge in [-0.1, -0.05) is 13.3 Å². The molecule has 0 fully saturated rings. The van der Waals surface area contributed by atoms with E-state index in [0.29, 0.717) is 5.56 Å². The Morgan fingerprint density at radius 1 is 1.41 bits per heavy atom. The lowest BCUT2D eigenvalue weighted by atomic mass is 10.2. The number of rotatable bonds is 5. The number of hydrogen-bond donors (Lipinski definition) is 1. The molecule has 0 aliphatic rings. The fourth-order valence-corrected chi connectivity index (χ4v) is 3.21. The molecular weight excluding hydrogens is 254 g/mol. The molecule has 0 saturated heterocycles. The van der Waals surface area contributed by atoms with Gasteiger partial charge in [0.15, 0.2) is 0 Å². The van der Waals surface area contributed by atoms with Crippen molar-refractivity contribution in [1.29, 1.82) is 0 Å². The molecule has 2 aromatic rings. The van der Waals surface area contributed by atoms with Gasteiger partial charge in [0.1, 0.15) is 0 Å². The molecule has 17 heavy (non-hydrogen) atoms. The second-order valence-corrected chi connectivity index (χ2v) is 5.59. The van der Waals surface area contributed by atoms with Crippen molar-refractivity contribution in [2.24, 2.45) is 0 Å². The Morgan fingerprint density at radius 2 is 2.24 bits per heavy atom. The summed E-state index contributed by atoms with van der Waals surface area (Å²) < 4.78 is 0. The molecule has 2 aromatic heterocycles. The smallest absolute Gasteiger partial charge is 0.336 e. The van der Waals surface area contributed by atoms with Gasteiger partial charge in [0.25, 0.3) is 0 Å². The monoisotopic (exact) mass is 267 g/mol. The molecule has 0 amide bonds. The molecule has 1 N–H and O–H groups in total. The van der Waals surface area contributed by atoms with Gasteiger partial charge >= 0.3 is 5.97 Å². The number of carboxylic acid groups (broad SMARTS) is 1. The molecule has 0 unspecified atom stereocenters. The van der Waals surface area contributed by atoms with Crippen LogP contribution in [0, 0.1) is 0 Å². The zero-order valence-corrected chi connectivity index (χ0v) is 11.1. The Hall–Kier alpha value is -1.20. The van der Waals surface area contributed by atoms with Gasteiger partial charge < -0.3 is 5.11 Å². The second kappa shape index (κ2) is 5.42. The predicted octanol–water partition coefficient (Wildman–Crippen LogP) is 3.91. The summed E-state index contributed by atoms with van der Waals surface area (Å²) >= 11 is 3.08. The van der Waals surface area contributed by atoms with Crippen LogP contribution >= 0.6 is 22.7 Å². The molecule has 5 heteroatoms. The van der Waals surface area contributed by atoms with E-state index in [0.717, 1.165) is 34.8 Å². The van der Waals surface area contributed by atoms with Crippen molar-refractivity contribution in [2.45, 2.75) is 26.2 Å². The largest absolute Gasteiger partial charge is 0.478 e. The molecule has 0 atom stereocenters. The van der Waals surface area contributed by atoms with E-state index in [-0.39, 0.29) is 0 Å². The number of carbonyl (C=O) groups is 1. The zero-order chi connectivity index (χ0) is 12.3. The highest BCUT2D eigenvalue weighted by Crippen LogP contribution is 2.28. The Kier molecular flexibility index (Phi) is 3.91. The third-order valence-corrected chi connectivity index (χ3v) is 4.26. The minimum atomic E-state index is -0.881. The highest BCUT2D eigenvalue weighted by Gasteiger charge is 2.10. The lowest BCUT2D eigenvalue weighted by molar-refractivity contribution is 0.0697. The van der Waals surface area contributed by atoms with Crippen LogP contribution in [-0.4, -0.2) is 16.1 Å². The minimum absolute atomic E-state index is 0.341.